The predicted octanol–water partition coefficient (Wildman–Crippen LogP) is 2.74. The Bertz CT molecular complexity index is 746. The van der Waals surface area contributed by atoms with Gasteiger partial charge in [0.2, 0.25) is 5.82 Å². The number of hydrogen-bond donors (Lipinski definition) is 1. The first kappa shape index (κ1) is 15.5. The quantitative estimate of drug-likeness (QED) is 0.748. The number of hydrogen-bond acceptors (Lipinski definition) is 6. The van der Waals surface area contributed by atoms with Crippen molar-refractivity contribution in [3.8, 4) is 17.1 Å². The van der Waals surface area contributed by atoms with Gasteiger partial charge in [0, 0.05) is 10.9 Å². The number of ether oxygens (including phenoxy) is 1. The maximum atomic E-state index is 12.1. The molecule has 3 rings (SSSR count). The zero-order valence-electron chi connectivity index (χ0n) is 11.7. The molecule has 1 N–H and O–H groups in total. The van der Waals surface area contributed by atoms with E-state index in [2.05, 4.69) is 20.1 Å². The van der Waals surface area contributed by atoms with Crippen LogP contribution in [0.2, 0.25) is 0 Å². The Morgan fingerprint density at radius 1 is 1.22 bits per heavy atom. The summed E-state index contributed by atoms with van der Waals surface area (Å²) in [6.07, 6.45) is -0.889. The number of thiophene rings is 1. The van der Waals surface area contributed by atoms with E-state index in [4.69, 9.17) is 0 Å². The minimum Gasteiger partial charge on any atom is -0.435 e. The van der Waals surface area contributed by atoms with Crippen LogP contribution in [0.1, 0.15) is 11.7 Å². The van der Waals surface area contributed by atoms with Gasteiger partial charge in [0.1, 0.15) is 11.9 Å². The highest BCUT2D eigenvalue weighted by atomic mass is 32.1. The summed E-state index contributed by atoms with van der Waals surface area (Å²) < 4.78 is 28.4. The molecule has 0 amide bonds. The summed E-state index contributed by atoms with van der Waals surface area (Å²) in [6, 6.07) is 7.65. The molecular weight excluding hydrogens is 326 g/mol. The van der Waals surface area contributed by atoms with Crippen LogP contribution in [0.3, 0.4) is 0 Å². The van der Waals surface area contributed by atoms with Crippen molar-refractivity contribution in [2.45, 2.75) is 19.3 Å². The normalized spacial score (nSPS) is 12.5. The summed E-state index contributed by atoms with van der Waals surface area (Å²) in [5.41, 5.74) is 1.41. The molecule has 9 heteroatoms. The fourth-order valence-corrected chi connectivity index (χ4v) is 2.59. The van der Waals surface area contributed by atoms with Gasteiger partial charge < -0.3 is 9.84 Å². The van der Waals surface area contributed by atoms with Gasteiger partial charge in [0.15, 0.2) is 0 Å². The first-order valence-corrected chi connectivity index (χ1v) is 7.59. The molecule has 0 saturated carbocycles. The number of rotatable bonds is 6. The first-order valence-electron chi connectivity index (χ1n) is 6.65. The standard InChI is InChI=1S/C14H12F2N4O2S/c15-14(16)22-11-3-1-9(2-4-11)12(21)7-20-18-13(17-19-20)10-5-6-23-8-10/h1-6,8,12,14,21H,7H2. The lowest BCUT2D eigenvalue weighted by Crippen LogP contribution is -2.11. The van der Waals surface area contributed by atoms with Crippen LogP contribution in [-0.2, 0) is 6.54 Å². The highest BCUT2D eigenvalue weighted by Crippen LogP contribution is 2.21. The molecule has 2 heterocycles. The molecule has 6 nitrogen and oxygen atoms in total. The van der Waals surface area contributed by atoms with Crippen LogP contribution in [-0.4, -0.2) is 31.9 Å². The zero-order chi connectivity index (χ0) is 16.2. The van der Waals surface area contributed by atoms with Crippen LogP contribution < -0.4 is 4.74 Å². The monoisotopic (exact) mass is 338 g/mol. The molecule has 0 saturated heterocycles. The lowest BCUT2D eigenvalue weighted by Gasteiger charge is -2.11. The molecule has 23 heavy (non-hydrogen) atoms. The number of aliphatic hydroxyl groups excluding tert-OH is 1. The molecule has 0 bridgehead atoms. The maximum Gasteiger partial charge on any atom is 0.387 e. The number of aromatic nitrogens is 4. The Kier molecular flexibility index (Phi) is 4.58. The molecule has 2 aromatic heterocycles. The second-order valence-electron chi connectivity index (χ2n) is 4.64. The highest BCUT2D eigenvalue weighted by molar-refractivity contribution is 7.08. The smallest absolute Gasteiger partial charge is 0.387 e. The van der Waals surface area contributed by atoms with Crippen LogP contribution >= 0.6 is 11.3 Å². The Balaban J connectivity index is 1.66. The van der Waals surface area contributed by atoms with E-state index < -0.39 is 12.7 Å². The van der Waals surface area contributed by atoms with Crippen molar-refractivity contribution in [3.63, 3.8) is 0 Å². The summed E-state index contributed by atoms with van der Waals surface area (Å²) in [7, 11) is 0. The van der Waals surface area contributed by atoms with Gasteiger partial charge in [-0.05, 0) is 34.4 Å². The third-order valence-electron chi connectivity index (χ3n) is 3.06. The zero-order valence-corrected chi connectivity index (χ0v) is 12.5. The molecule has 0 aliphatic carbocycles. The highest BCUT2D eigenvalue weighted by Gasteiger charge is 2.13. The van der Waals surface area contributed by atoms with Crippen molar-refractivity contribution in [2.75, 3.05) is 0 Å². The minimum atomic E-state index is -2.87. The summed E-state index contributed by atoms with van der Waals surface area (Å²) in [6.45, 7) is -2.77. The van der Waals surface area contributed by atoms with Crippen molar-refractivity contribution in [1.82, 2.24) is 20.2 Å². The molecule has 1 unspecified atom stereocenters. The van der Waals surface area contributed by atoms with E-state index in [9.17, 15) is 13.9 Å². The molecule has 0 radical (unpaired) electrons. The molecular formula is C14H12F2N4O2S. The van der Waals surface area contributed by atoms with Gasteiger partial charge in [-0.1, -0.05) is 12.1 Å². The van der Waals surface area contributed by atoms with E-state index in [0.717, 1.165) is 5.56 Å². The van der Waals surface area contributed by atoms with Crippen LogP contribution in [0.4, 0.5) is 8.78 Å². The lowest BCUT2D eigenvalue weighted by molar-refractivity contribution is -0.0498. The van der Waals surface area contributed by atoms with Crippen LogP contribution in [0.25, 0.3) is 11.4 Å². The van der Waals surface area contributed by atoms with E-state index in [1.54, 1.807) is 0 Å². The summed E-state index contributed by atoms with van der Waals surface area (Å²) in [4.78, 5) is 1.29. The molecule has 3 aromatic rings. The third kappa shape index (κ3) is 3.88. The maximum absolute atomic E-state index is 12.1. The number of nitrogens with zero attached hydrogens (tertiary/aromatic N) is 4. The van der Waals surface area contributed by atoms with E-state index >= 15 is 0 Å². The number of alkyl halides is 2. The summed E-state index contributed by atoms with van der Waals surface area (Å²) in [5.74, 6) is 0.522. The number of halogens is 2. The SMILES string of the molecule is OC(Cn1nnc(-c2ccsc2)n1)c1ccc(OC(F)F)cc1. The van der Waals surface area contributed by atoms with Gasteiger partial charge in [-0.15, -0.1) is 10.2 Å². The second kappa shape index (κ2) is 6.80. The minimum absolute atomic E-state index is 0.0366. The lowest BCUT2D eigenvalue weighted by atomic mass is 10.1. The number of aliphatic hydroxyl groups is 1. The van der Waals surface area contributed by atoms with Crippen molar-refractivity contribution in [2.24, 2.45) is 0 Å². The topological polar surface area (TPSA) is 73.1 Å². The van der Waals surface area contributed by atoms with E-state index in [0.29, 0.717) is 11.4 Å². The predicted molar refractivity (Wildman–Crippen MR) is 79.2 cm³/mol. The Morgan fingerprint density at radius 2 is 2.00 bits per heavy atom. The Morgan fingerprint density at radius 3 is 2.65 bits per heavy atom. The van der Waals surface area contributed by atoms with Crippen LogP contribution in [0.5, 0.6) is 5.75 Å². The van der Waals surface area contributed by atoms with Crippen molar-refractivity contribution >= 4 is 11.3 Å². The molecule has 0 aliphatic heterocycles. The first-order chi connectivity index (χ1) is 11.1. The van der Waals surface area contributed by atoms with Crippen molar-refractivity contribution < 1.29 is 18.6 Å². The van der Waals surface area contributed by atoms with Crippen LogP contribution in [0, 0.1) is 0 Å². The fraction of sp³-hybridized carbons (Fsp3) is 0.214. The Labute approximate surface area is 134 Å². The number of benzene rings is 1. The van der Waals surface area contributed by atoms with E-state index in [1.165, 1.54) is 40.4 Å². The van der Waals surface area contributed by atoms with Crippen molar-refractivity contribution in [1.29, 1.82) is 0 Å². The molecule has 120 valence electrons. The second-order valence-corrected chi connectivity index (χ2v) is 5.42. The average Bonchev–Trinajstić information content (AvgIpc) is 3.18. The molecule has 0 fully saturated rings. The molecule has 0 spiro atoms. The van der Waals surface area contributed by atoms with Gasteiger partial charge in [-0.25, -0.2) is 0 Å². The Hall–Kier alpha value is -2.39. The van der Waals surface area contributed by atoms with Gasteiger partial charge in [0.05, 0.1) is 6.54 Å². The van der Waals surface area contributed by atoms with Gasteiger partial charge in [-0.2, -0.15) is 24.9 Å². The molecule has 1 atom stereocenters. The van der Waals surface area contributed by atoms with E-state index in [-0.39, 0.29) is 12.3 Å². The fourth-order valence-electron chi connectivity index (χ4n) is 1.96. The van der Waals surface area contributed by atoms with Crippen molar-refractivity contribution in [3.05, 3.63) is 46.7 Å². The molecule has 1 aromatic carbocycles. The third-order valence-corrected chi connectivity index (χ3v) is 3.74. The largest absolute Gasteiger partial charge is 0.435 e. The van der Waals surface area contributed by atoms with Gasteiger partial charge >= 0.3 is 6.61 Å². The van der Waals surface area contributed by atoms with Gasteiger partial charge in [0.25, 0.3) is 0 Å². The van der Waals surface area contributed by atoms with Crippen LogP contribution in [0.15, 0.2) is 41.1 Å². The van der Waals surface area contributed by atoms with Gasteiger partial charge in [-0.3, -0.25) is 0 Å². The average molecular weight is 338 g/mol. The molecule has 0 aliphatic rings. The summed E-state index contributed by atoms with van der Waals surface area (Å²) in [5, 5.41) is 26.0. The number of tetrazole rings is 1. The summed E-state index contributed by atoms with van der Waals surface area (Å²) >= 11 is 1.53. The van der Waals surface area contributed by atoms with E-state index in [1.807, 2.05) is 16.8 Å².